The van der Waals surface area contributed by atoms with E-state index >= 15 is 0 Å². The van der Waals surface area contributed by atoms with Crippen molar-refractivity contribution in [1.29, 1.82) is 0 Å². The molecule has 1 aliphatic heterocycles. The van der Waals surface area contributed by atoms with Crippen LogP contribution in [-0.4, -0.2) is 89.1 Å². The van der Waals surface area contributed by atoms with E-state index < -0.39 is 24.3 Å². The molecule has 10 heteroatoms. The van der Waals surface area contributed by atoms with E-state index in [1.54, 1.807) is 0 Å². The molecule has 0 aromatic rings. The van der Waals surface area contributed by atoms with Crippen molar-refractivity contribution < 1.29 is 42.8 Å². The number of likely N-dealkylation sites (tertiary alicyclic amines) is 1. The van der Waals surface area contributed by atoms with Crippen LogP contribution >= 0.6 is 0 Å². The zero-order valence-electron chi connectivity index (χ0n) is 42.9. The molecule has 4 unspecified atom stereocenters. The van der Waals surface area contributed by atoms with Crippen molar-refractivity contribution in [2.24, 2.45) is 23.7 Å². The molecule has 1 fully saturated rings. The SMILES string of the molecule is CCCCC/C=C\C/C=C\CCCCCCCC(=O)OCC(COC(=O)CCC(OCCC(C)CCC=C(C)C)OCCC(C)CCC=C(C)C)COC(=O)OCCC1CCCN(C)C1. The van der Waals surface area contributed by atoms with Gasteiger partial charge < -0.3 is 33.3 Å². The summed E-state index contributed by atoms with van der Waals surface area (Å²) < 4.78 is 34.6. The Bertz CT molecular complexity index is 1280. The third-order valence-electron chi connectivity index (χ3n) is 12.0. The highest BCUT2D eigenvalue weighted by molar-refractivity contribution is 5.69. The van der Waals surface area contributed by atoms with E-state index in [0.717, 1.165) is 116 Å². The minimum atomic E-state index is -0.767. The summed E-state index contributed by atoms with van der Waals surface area (Å²) in [7, 11) is 2.12. The monoisotopic (exact) mass is 916 g/mol. The van der Waals surface area contributed by atoms with Gasteiger partial charge in [0.15, 0.2) is 6.29 Å². The van der Waals surface area contributed by atoms with Crippen molar-refractivity contribution in [3.05, 3.63) is 47.6 Å². The molecule has 0 aromatic heterocycles. The van der Waals surface area contributed by atoms with E-state index in [9.17, 15) is 14.4 Å². The fourth-order valence-corrected chi connectivity index (χ4v) is 7.69. The number of rotatable bonds is 40. The Morgan fingerprint density at radius 3 is 1.75 bits per heavy atom. The maximum absolute atomic E-state index is 13.1. The van der Waals surface area contributed by atoms with Gasteiger partial charge in [0.2, 0.25) is 0 Å². The van der Waals surface area contributed by atoms with Crippen LogP contribution in [0.1, 0.15) is 196 Å². The van der Waals surface area contributed by atoms with Crippen LogP contribution in [0.15, 0.2) is 47.6 Å². The van der Waals surface area contributed by atoms with Gasteiger partial charge in [-0.15, -0.1) is 0 Å². The van der Waals surface area contributed by atoms with Crippen LogP contribution in [-0.2, 0) is 38.0 Å². The lowest BCUT2D eigenvalue weighted by molar-refractivity contribution is -0.162. The summed E-state index contributed by atoms with van der Waals surface area (Å²) in [6.07, 6.45) is 34.5. The number of unbranched alkanes of at least 4 members (excludes halogenated alkanes) is 8. The fourth-order valence-electron chi connectivity index (χ4n) is 7.69. The first-order valence-corrected chi connectivity index (χ1v) is 26.0. The van der Waals surface area contributed by atoms with Gasteiger partial charge in [0.05, 0.1) is 18.9 Å². The quantitative estimate of drug-likeness (QED) is 0.0194. The molecule has 1 heterocycles. The van der Waals surface area contributed by atoms with Crippen LogP contribution < -0.4 is 0 Å². The minimum absolute atomic E-state index is 0.0273. The Kier molecular flexibility index (Phi) is 38.1. The summed E-state index contributed by atoms with van der Waals surface area (Å²) in [6, 6.07) is 0. The van der Waals surface area contributed by atoms with Gasteiger partial charge in [-0.2, -0.15) is 0 Å². The second kappa shape index (κ2) is 41.3. The number of hydrogen-bond donors (Lipinski definition) is 0. The largest absolute Gasteiger partial charge is 0.508 e. The lowest BCUT2D eigenvalue weighted by atomic mass is 9.96. The first kappa shape index (κ1) is 60.1. The first-order valence-electron chi connectivity index (χ1n) is 26.0. The molecule has 0 aromatic carbocycles. The van der Waals surface area contributed by atoms with Gasteiger partial charge in [0.1, 0.15) is 19.8 Å². The third-order valence-corrected chi connectivity index (χ3v) is 12.0. The van der Waals surface area contributed by atoms with Gasteiger partial charge in [-0.3, -0.25) is 9.59 Å². The Labute approximate surface area is 398 Å². The van der Waals surface area contributed by atoms with Gasteiger partial charge in [-0.05, 0) is 155 Å². The molecule has 376 valence electrons. The van der Waals surface area contributed by atoms with Crippen molar-refractivity contribution in [2.45, 2.75) is 202 Å². The lowest BCUT2D eigenvalue weighted by Gasteiger charge is -2.29. The molecule has 1 aliphatic rings. The number of ether oxygens (including phenoxy) is 6. The highest BCUT2D eigenvalue weighted by Crippen LogP contribution is 2.20. The highest BCUT2D eigenvalue weighted by Gasteiger charge is 2.21. The smallest absolute Gasteiger partial charge is 0.465 e. The molecule has 0 bridgehead atoms. The highest BCUT2D eigenvalue weighted by atomic mass is 16.7. The van der Waals surface area contributed by atoms with Gasteiger partial charge >= 0.3 is 18.1 Å². The van der Waals surface area contributed by atoms with Gasteiger partial charge in [-0.25, -0.2) is 4.79 Å². The molecule has 0 aliphatic carbocycles. The number of carbonyl (C=O) groups is 3. The van der Waals surface area contributed by atoms with Crippen LogP contribution in [0.25, 0.3) is 0 Å². The first-order chi connectivity index (χ1) is 31.4. The summed E-state index contributed by atoms with van der Waals surface area (Å²) in [6.45, 7) is 18.5. The Morgan fingerprint density at radius 1 is 0.615 bits per heavy atom. The Hall–Kier alpha value is -2.95. The number of carbonyl (C=O) groups excluding carboxylic acids is 3. The van der Waals surface area contributed by atoms with Crippen molar-refractivity contribution in [3.63, 3.8) is 0 Å². The van der Waals surface area contributed by atoms with Crippen LogP contribution in [0.5, 0.6) is 0 Å². The van der Waals surface area contributed by atoms with E-state index in [-0.39, 0.29) is 38.8 Å². The predicted molar refractivity (Wildman–Crippen MR) is 267 cm³/mol. The zero-order valence-corrected chi connectivity index (χ0v) is 42.9. The standard InChI is InChI=1S/C55H97NO9/c1-9-10-11-12-13-14-15-16-17-18-19-20-21-22-23-32-52(57)63-43-51(45-65-55(59)62-41-37-50-31-26-38-56(8)42-50)44-64-53(58)33-34-54(60-39-35-48(6)29-24-27-46(2)3)61-40-36-49(7)30-25-28-47(4)5/h13-14,16-17,27-28,48-51,54H,9-12,15,18-26,29-45H2,1-8H3/b14-13-,17-16-. The normalized spacial score (nSPS) is 16.2. The Morgan fingerprint density at radius 2 is 1.17 bits per heavy atom. The molecule has 0 amide bonds. The van der Waals surface area contributed by atoms with Crippen LogP contribution in [0.3, 0.4) is 0 Å². The predicted octanol–water partition coefficient (Wildman–Crippen LogP) is 14.1. The van der Waals surface area contributed by atoms with E-state index in [1.807, 2.05) is 0 Å². The number of nitrogens with zero attached hydrogens (tertiary/aromatic N) is 1. The van der Waals surface area contributed by atoms with Crippen molar-refractivity contribution in [2.75, 3.05) is 59.8 Å². The summed E-state index contributed by atoms with van der Waals surface area (Å²) >= 11 is 0. The second-order valence-corrected chi connectivity index (χ2v) is 19.4. The minimum Gasteiger partial charge on any atom is -0.465 e. The third kappa shape index (κ3) is 38.8. The van der Waals surface area contributed by atoms with Gasteiger partial charge in [-0.1, -0.05) is 100 Å². The maximum atomic E-state index is 13.1. The van der Waals surface area contributed by atoms with E-state index in [1.165, 1.54) is 36.8 Å². The molecular formula is C55H97NO9. The van der Waals surface area contributed by atoms with Crippen LogP contribution in [0, 0.1) is 23.7 Å². The average Bonchev–Trinajstić information content (AvgIpc) is 3.26. The summed E-state index contributed by atoms with van der Waals surface area (Å²) in [5.74, 6) is 0.268. The summed E-state index contributed by atoms with van der Waals surface area (Å²) in [4.78, 5) is 40.8. The van der Waals surface area contributed by atoms with E-state index in [4.69, 9.17) is 28.4 Å². The fraction of sp³-hybridized carbons (Fsp3) is 0.800. The number of esters is 2. The van der Waals surface area contributed by atoms with E-state index in [0.29, 0.717) is 43.8 Å². The van der Waals surface area contributed by atoms with Crippen molar-refractivity contribution in [3.8, 4) is 0 Å². The second-order valence-electron chi connectivity index (χ2n) is 19.4. The number of piperidine rings is 1. The van der Waals surface area contributed by atoms with Gasteiger partial charge in [0, 0.05) is 32.6 Å². The maximum Gasteiger partial charge on any atom is 0.508 e. The van der Waals surface area contributed by atoms with Crippen molar-refractivity contribution in [1.82, 2.24) is 4.90 Å². The molecule has 0 saturated carbocycles. The molecule has 0 N–H and O–H groups in total. The molecule has 65 heavy (non-hydrogen) atoms. The van der Waals surface area contributed by atoms with Gasteiger partial charge in [0.25, 0.3) is 0 Å². The van der Waals surface area contributed by atoms with Crippen LogP contribution in [0.2, 0.25) is 0 Å². The average molecular weight is 916 g/mol. The number of allylic oxidation sites excluding steroid dienone is 8. The lowest BCUT2D eigenvalue weighted by Crippen LogP contribution is -2.32. The van der Waals surface area contributed by atoms with Crippen molar-refractivity contribution >= 4 is 18.1 Å². The molecule has 4 atom stereocenters. The van der Waals surface area contributed by atoms with E-state index in [2.05, 4.69) is 96.9 Å². The summed E-state index contributed by atoms with van der Waals surface area (Å²) in [5, 5.41) is 0. The Balaban J connectivity index is 2.64. The molecule has 10 nitrogen and oxygen atoms in total. The topological polar surface area (TPSA) is 110 Å². The van der Waals surface area contributed by atoms with Crippen LogP contribution in [0.4, 0.5) is 4.79 Å². The molecule has 1 saturated heterocycles. The molecule has 0 radical (unpaired) electrons. The molecule has 1 rings (SSSR count). The molecule has 0 spiro atoms. The summed E-state index contributed by atoms with van der Waals surface area (Å²) in [5.41, 5.74) is 2.67. The zero-order chi connectivity index (χ0) is 47.8. The molecular weight excluding hydrogens is 819 g/mol. The number of hydrogen-bond acceptors (Lipinski definition) is 10.